The van der Waals surface area contributed by atoms with E-state index in [2.05, 4.69) is 41.2 Å². The maximum atomic E-state index is 12.4. The average Bonchev–Trinajstić information content (AvgIpc) is 2.78. The lowest BCUT2D eigenvalue weighted by Gasteiger charge is -2.15. The quantitative estimate of drug-likeness (QED) is 0.402. The lowest BCUT2D eigenvalue weighted by atomic mass is 9.99. The fourth-order valence-corrected chi connectivity index (χ4v) is 3.33. The van der Waals surface area contributed by atoms with Gasteiger partial charge >= 0.3 is 0 Å². The van der Waals surface area contributed by atoms with E-state index in [-0.39, 0.29) is 11.3 Å². The van der Waals surface area contributed by atoms with Gasteiger partial charge in [0.2, 0.25) is 0 Å². The Morgan fingerprint density at radius 2 is 1.59 bits per heavy atom. The van der Waals surface area contributed by atoms with Crippen molar-refractivity contribution in [3.05, 3.63) is 78.1 Å². The van der Waals surface area contributed by atoms with Crippen LogP contribution < -0.4 is 10.2 Å². The number of amides is 1. The van der Waals surface area contributed by atoms with E-state index in [9.17, 15) is 10.0 Å². The molecule has 0 saturated carbocycles. The molecule has 0 atom stereocenters. The molecular formula is C23H19N3O3. The SMILES string of the molecule is COc1c(-c2ccc(-c3ccc(C)cc3)cc2)nc2ccncc2c1C(=O)NO. The number of pyridine rings is 2. The van der Waals surface area contributed by atoms with Crippen LogP contribution in [0.4, 0.5) is 0 Å². The van der Waals surface area contributed by atoms with Gasteiger partial charge in [-0.1, -0.05) is 54.1 Å². The summed E-state index contributed by atoms with van der Waals surface area (Å²) in [7, 11) is 1.47. The van der Waals surface area contributed by atoms with Gasteiger partial charge in [0.1, 0.15) is 5.69 Å². The van der Waals surface area contributed by atoms with Crippen LogP contribution in [0.5, 0.6) is 5.75 Å². The Morgan fingerprint density at radius 3 is 2.21 bits per heavy atom. The van der Waals surface area contributed by atoms with Gasteiger partial charge in [-0.3, -0.25) is 15.0 Å². The van der Waals surface area contributed by atoms with E-state index in [1.54, 1.807) is 17.7 Å². The Balaban J connectivity index is 1.87. The van der Waals surface area contributed by atoms with Crippen molar-refractivity contribution < 1.29 is 14.7 Å². The average molecular weight is 385 g/mol. The van der Waals surface area contributed by atoms with Crippen molar-refractivity contribution >= 4 is 16.8 Å². The lowest BCUT2D eigenvalue weighted by Crippen LogP contribution is -2.20. The summed E-state index contributed by atoms with van der Waals surface area (Å²) in [6.45, 7) is 2.06. The number of hydroxylamine groups is 1. The number of rotatable bonds is 4. The van der Waals surface area contributed by atoms with Gasteiger partial charge in [-0.05, 0) is 24.1 Å². The Kier molecular flexibility index (Phi) is 4.93. The molecule has 4 aromatic rings. The van der Waals surface area contributed by atoms with Crippen LogP contribution in [0, 0.1) is 6.92 Å². The standard InChI is InChI=1S/C23H19N3O3/c1-14-3-5-15(6-4-14)16-7-9-17(10-8-16)21-22(29-2)20(23(27)26-28)18-13-24-12-11-19(18)25-21/h3-13,28H,1-2H3,(H,26,27). The summed E-state index contributed by atoms with van der Waals surface area (Å²) < 4.78 is 5.53. The number of methoxy groups -OCH3 is 1. The summed E-state index contributed by atoms with van der Waals surface area (Å²) in [4.78, 5) is 21.1. The molecular weight excluding hydrogens is 366 g/mol. The number of hydrogen-bond acceptors (Lipinski definition) is 5. The van der Waals surface area contributed by atoms with E-state index in [1.165, 1.54) is 18.9 Å². The van der Waals surface area contributed by atoms with Gasteiger partial charge in [-0.15, -0.1) is 0 Å². The number of carbonyl (C=O) groups is 1. The number of aromatic nitrogens is 2. The molecule has 2 aromatic carbocycles. The van der Waals surface area contributed by atoms with Gasteiger partial charge in [0, 0.05) is 23.3 Å². The molecule has 1 amide bonds. The molecule has 6 nitrogen and oxygen atoms in total. The van der Waals surface area contributed by atoms with Crippen LogP contribution in [0.25, 0.3) is 33.3 Å². The topological polar surface area (TPSA) is 84.3 Å². The summed E-state index contributed by atoms with van der Waals surface area (Å²) in [6.07, 6.45) is 3.13. The van der Waals surface area contributed by atoms with Crippen molar-refractivity contribution in [1.29, 1.82) is 0 Å². The smallest absolute Gasteiger partial charge is 0.279 e. The monoisotopic (exact) mass is 385 g/mol. The van der Waals surface area contributed by atoms with Crippen molar-refractivity contribution in [2.45, 2.75) is 6.92 Å². The minimum Gasteiger partial charge on any atom is -0.494 e. The highest BCUT2D eigenvalue weighted by Gasteiger charge is 2.22. The lowest BCUT2D eigenvalue weighted by molar-refractivity contribution is 0.0705. The largest absolute Gasteiger partial charge is 0.494 e. The second-order valence-corrected chi connectivity index (χ2v) is 6.65. The Bertz CT molecular complexity index is 1190. The third-order valence-corrected chi connectivity index (χ3v) is 4.82. The number of carbonyl (C=O) groups excluding carboxylic acids is 1. The van der Waals surface area contributed by atoms with Crippen LogP contribution in [-0.4, -0.2) is 28.2 Å². The molecule has 2 heterocycles. The minimum absolute atomic E-state index is 0.186. The Morgan fingerprint density at radius 1 is 0.966 bits per heavy atom. The van der Waals surface area contributed by atoms with Gasteiger partial charge in [-0.2, -0.15) is 0 Å². The van der Waals surface area contributed by atoms with E-state index >= 15 is 0 Å². The predicted octanol–water partition coefficient (Wildman–Crippen LogP) is 4.40. The van der Waals surface area contributed by atoms with Gasteiger partial charge < -0.3 is 4.74 Å². The number of ether oxygens (including phenoxy) is 1. The second-order valence-electron chi connectivity index (χ2n) is 6.65. The molecule has 4 rings (SSSR count). The van der Waals surface area contributed by atoms with Crippen molar-refractivity contribution in [3.8, 4) is 28.1 Å². The molecule has 2 N–H and O–H groups in total. The molecule has 0 aliphatic carbocycles. The van der Waals surface area contributed by atoms with E-state index in [1.807, 2.05) is 24.3 Å². The highest BCUT2D eigenvalue weighted by atomic mass is 16.5. The molecule has 0 saturated heterocycles. The molecule has 29 heavy (non-hydrogen) atoms. The fourth-order valence-electron chi connectivity index (χ4n) is 3.33. The minimum atomic E-state index is -0.681. The molecule has 0 bridgehead atoms. The number of nitrogens with zero attached hydrogens (tertiary/aromatic N) is 2. The zero-order chi connectivity index (χ0) is 20.4. The van der Waals surface area contributed by atoms with Crippen LogP contribution in [0.2, 0.25) is 0 Å². The van der Waals surface area contributed by atoms with E-state index in [0.717, 1.165) is 16.7 Å². The van der Waals surface area contributed by atoms with Crippen LogP contribution in [0.15, 0.2) is 67.0 Å². The summed E-state index contributed by atoms with van der Waals surface area (Å²) in [5, 5.41) is 9.71. The molecule has 0 radical (unpaired) electrons. The van der Waals surface area contributed by atoms with Crippen molar-refractivity contribution in [2.75, 3.05) is 7.11 Å². The highest BCUT2D eigenvalue weighted by molar-refractivity contribution is 6.09. The fraction of sp³-hybridized carbons (Fsp3) is 0.0870. The molecule has 0 spiro atoms. The molecule has 0 unspecified atom stereocenters. The Labute approximate surface area is 167 Å². The van der Waals surface area contributed by atoms with Crippen molar-refractivity contribution in [3.63, 3.8) is 0 Å². The summed E-state index contributed by atoms with van der Waals surface area (Å²) in [6, 6.07) is 17.9. The first-order chi connectivity index (χ1) is 14.1. The first kappa shape index (κ1) is 18.6. The number of nitrogens with one attached hydrogen (secondary N) is 1. The van der Waals surface area contributed by atoms with E-state index < -0.39 is 5.91 Å². The third kappa shape index (κ3) is 3.41. The molecule has 0 aliphatic rings. The van der Waals surface area contributed by atoms with E-state index in [4.69, 9.17) is 4.74 Å². The zero-order valence-corrected chi connectivity index (χ0v) is 16.0. The molecule has 144 valence electrons. The molecule has 2 aromatic heterocycles. The zero-order valence-electron chi connectivity index (χ0n) is 16.0. The van der Waals surface area contributed by atoms with Crippen LogP contribution >= 0.6 is 0 Å². The molecule has 0 aliphatic heterocycles. The maximum Gasteiger partial charge on any atom is 0.279 e. The van der Waals surface area contributed by atoms with Crippen LogP contribution in [-0.2, 0) is 0 Å². The molecule has 6 heteroatoms. The highest BCUT2D eigenvalue weighted by Crippen LogP contribution is 2.36. The number of aryl methyl sites for hydroxylation is 1. The summed E-state index contributed by atoms with van der Waals surface area (Å²) >= 11 is 0. The second kappa shape index (κ2) is 7.69. The first-order valence-electron chi connectivity index (χ1n) is 9.06. The normalized spacial score (nSPS) is 10.7. The summed E-state index contributed by atoms with van der Waals surface area (Å²) in [5.74, 6) is -0.403. The number of benzene rings is 2. The maximum absolute atomic E-state index is 12.4. The number of hydrogen-bond donors (Lipinski definition) is 2. The predicted molar refractivity (Wildman–Crippen MR) is 111 cm³/mol. The van der Waals surface area contributed by atoms with Crippen molar-refractivity contribution in [2.24, 2.45) is 0 Å². The third-order valence-electron chi connectivity index (χ3n) is 4.82. The molecule has 0 fully saturated rings. The van der Waals surface area contributed by atoms with Crippen LogP contribution in [0.1, 0.15) is 15.9 Å². The van der Waals surface area contributed by atoms with Gasteiger partial charge in [0.05, 0.1) is 18.2 Å². The van der Waals surface area contributed by atoms with Crippen LogP contribution in [0.3, 0.4) is 0 Å². The Hall–Kier alpha value is -3.77. The van der Waals surface area contributed by atoms with Gasteiger partial charge in [0.15, 0.2) is 5.75 Å². The van der Waals surface area contributed by atoms with Crippen molar-refractivity contribution in [1.82, 2.24) is 15.4 Å². The van der Waals surface area contributed by atoms with E-state index in [0.29, 0.717) is 16.6 Å². The first-order valence-corrected chi connectivity index (χ1v) is 9.06. The number of fused-ring (bicyclic) bond motifs is 1. The van der Waals surface area contributed by atoms with Gasteiger partial charge in [-0.25, -0.2) is 10.5 Å². The van der Waals surface area contributed by atoms with Gasteiger partial charge in [0.25, 0.3) is 5.91 Å². The summed E-state index contributed by atoms with van der Waals surface area (Å²) in [5.41, 5.74) is 7.16.